The molecule has 0 radical (unpaired) electrons. The highest BCUT2D eigenvalue weighted by Crippen LogP contribution is 2.22. The molecule has 0 aliphatic carbocycles. The SMILES string of the molecule is CCC(=O)Nc1ccc(S(=O)(=O)N2CCCC2)cc1. The lowest BCUT2D eigenvalue weighted by Crippen LogP contribution is -2.27. The number of amides is 1. The van der Waals surface area contributed by atoms with Crippen molar-refractivity contribution in [3.63, 3.8) is 0 Å². The number of nitrogens with zero attached hydrogens (tertiary/aromatic N) is 1. The van der Waals surface area contributed by atoms with E-state index in [0.717, 1.165) is 12.8 Å². The highest BCUT2D eigenvalue weighted by Gasteiger charge is 2.26. The predicted octanol–water partition coefficient (Wildman–Crippen LogP) is 1.82. The molecule has 0 aromatic heterocycles. The lowest BCUT2D eigenvalue weighted by Gasteiger charge is -2.15. The summed E-state index contributed by atoms with van der Waals surface area (Å²) in [5.41, 5.74) is 0.618. The molecule has 1 amide bonds. The van der Waals surface area contributed by atoms with Gasteiger partial charge in [-0.3, -0.25) is 4.79 Å². The van der Waals surface area contributed by atoms with Crippen LogP contribution in [0.4, 0.5) is 5.69 Å². The zero-order chi connectivity index (χ0) is 13.9. The summed E-state index contributed by atoms with van der Waals surface area (Å²) in [6.07, 6.45) is 2.24. The maximum Gasteiger partial charge on any atom is 0.243 e. The molecule has 1 aliphatic heterocycles. The van der Waals surface area contributed by atoms with Crippen LogP contribution >= 0.6 is 0 Å². The second-order valence-electron chi connectivity index (χ2n) is 4.54. The Morgan fingerprint density at radius 3 is 2.32 bits per heavy atom. The second-order valence-corrected chi connectivity index (χ2v) is 6.48. The molecule has 1 aromatic carbocycles. The van der Waals surface area contributed by atoms with Gasteiger partial charge in [-0.25, -0.2) is 8.42 Å². The standard InChI is InChI=1S/C13H18N2O3S/c1-2-13(16)14-11-5-7-12(8-6-11)19(17,18)15-9-3-4-10-15/h5-8H,2-4,9-10H2,1H3,(H,14,16). The van der Waals surface area contributed by atoms with Gasteiger partial charge in [0.15, 0.2) is 0 Å². The van der Waals surface area contributed by atoms with Crippen LogP contribution in [0.3, 0.4) is 0 Å². The van der Waals surface area contributed by atoms with Crippen LogP contribution in [0.5, 0.6) is 0 Å². The van der Waals surface area contributed by atoms with E-state index >= 15 is 0 Å². The number of hydrogen-bond donors (Lipinski definition) is 1. The Hall–Kier alpha value is -1.40. The van der Waals surface area contributed by atoms with E-state index in [1.807, 2.05) is 0 Å². The van der Waals surface area contributed by atoms with Crippen molar-refractivity contribution in [3.8, 4) is 0 Å². The van der Waals surface area contributed by atoms with Crippen LogP contribution in [0.1, 0.15) is 26.2 Å². The van der Waals surface area contributed by atoms with Crippen molar-refractivity contribution in [2.45, 2.75) is 31.1 Å². The third-order valence-electron chi connectivity index (χ3n) is 3.16. The minimum absolute atomic E-state index is 0.0878. The second kappa shape index (κ2) is 5.71. The van der Waals surface area contributed by atoms with E-state index in [9.17, 15) is 13.2 Å². The highest BCUT2D eigenvalue weighted by atomic mass is 32.2. The molecular formula is C13H18N2O3S. The minimum atomic E-state index is -3.37. The number of carbonyl (C=O) groups is 1. The molecule has 1 heterocycles. The number of rotatable bonds is 4. The minimum Gasteiger partial charge on any atom is -0.326 e. The Morgan fingerprint density at radius 1 is 1.21 bits per heavy atom. The molecule has 2 rings (SSSR count). The maximum absolute atomic E-state index is 12.3. The van der Waals surface area contributed by atoms with Crippen molar-refractivity contribution in [2.24, 2.45) is 0 Å². The van der Waals surface area contributed by atoms with Crippen molar-refractivity contribution in [2.75, 3.05) is 18.4 Å². The largest absolute Gasteiger partial charge is 0.326 e. The van der Waals surface area contributed by atoms with Gasteiger partial charge in [-0.2, -0.15) is 4.31 Å². The van der Waals surface area contributed by atoms with E-state index in [4.69, 9.17) is 0 Å². The van der Waals surface area contributed by atoms with Crippen LogP contribution in [0.25, 0.3) is 0 Å². The molecule has 6 heteroatoms. The number of hydrogen-bond acceptors (Lipinski definition) is 3. The summed E-state index contributed by atoms with van der Waals surface area (Å²) in [7, 11) is -3.37. The van der Waals surface area contributed by atoms with E-state index in [1.54, 1.807) is 31.2 Å². The number of anilines is 1. The third kappa shape index (κ3) is 3.13. The number of carbonyl (C=O) groups excluding carboxylic acids is 1. The summed E-state index contributed by atoms with van der Waals surface area (Å²) in [5, 5.41) is 2.69. The Labute approximate surface area is 113 Å². The van der Waals surface area contributed by atoms with Gasteiger partial charge in [0.25, 0.3) is 0 Å². The van der Waals surface area contributed by atoms with Gasteiger partial charge in [0.1, 0.15) is 0 Å². The Kier molecular flexibility index (Phi) is 4.21. The first kappa shape index (κ1) is 14.0. The first-order valence-electron chi connectivity index (χ1n) is 6.44. The van der Waals surface area contributed by atoms with Crippen molar-refractivity contribution in [3.05, 3.63) is 24.3 Å². The van der Waals surface area contributed by atoms with Crippen LogP contribution in [0.2, 0.25) is 0 Å². The number of nitrogens with one attached hydrogen (secondary N) is 1. The Bertz CT molecular complexity index is 546. The highest BCUT2D eigenvalue weighted by molar-refractivity contribution is 7.89. The molecule has 104 valence electrons. The molecule has 0 saturated carbocycles. The van der Waals surface area contributed by atoms with E-state index in [-0.39, 0.29) is 10.8 Å². The lowest BCUT2D eigenvalue weighted by atomic mass is 10.3. The molecule has 0 unspecified atom stereocenters. The molecule has 1 fully saturated rings. The van der Waals surface area contributed by atoms with Gasteiger partial charge in [-0.1, -0.05) is 6.92 Å². The topological polar surface area (TPSA) is 66.5 Å². The van der Waals surface area contributed by atoms with E-state index < -0.39 is 10.0 Å². The zero-order valence-electron chi connectivity index (χ0n) is 10.9. The molecule has 5 nitrogen and oxygen atoms in total. The average Bonchev–Trinajstić information content (AvgIpc) is 2.94. The lowest BCUT2D eigenvalue weighted by molar-refractivity contribution is -0.115. The van der Waals surface area contributed by atoms with E-state index in [1.165, 1.54) is 4.31 Å². The molecule has 1 N–H and O–H groups in total. The van der Waals surface area contributed by atoms with E-state index in [0.29, 0.717) is 25.2 Å². The zero-order valence-corrected chi connectivity index (χ0v) is 11.7. The van der Waals surface area contributed by atoms with Crippen LogP contribution in [-0.2, 0) is 14.8 Å². The van der Waals surface area contributed by atoms with Crippen molar-refractivity contribution >= 4 is 21.6 Å². The van der Waals surface area contributed by atoms with Crippen LogP contribution in [0, 0.1) is 0 Å². The quantitative estimate of drug-likeness (QED) is 0.916. The smallest absolute Gasteiger partial charge is 0.243 e. The van der Waals surface area contributed by atoms with Gasteiger partial charge in [-0.05, 0) is 37.1 Å². The van der Waals surface area contributed by atoms with Gasteiger partial charge < -0.3 is 5.32 Å². The fourth-order valence-electron chi connectivity index (χ4n) is 2.04. The molecule has 0 bridgehead atoms. The summed E-state index contributed by atoms with van der Waals surface area (Å²) in [6, 6.07) is 6.32. The van der Waals surface area contributed by atoms with Gasteiger partial charge >= 0.3 is 0 Å². The molecule has 1 aliphatic rings. The number of sulfonamides is 1. The maximum atomic E-state index is 12.3. The fourth-order valence-corrected chi connectivity index (χ4v) is 3.55. The van der Waals surface area contributed by atoms with Crippen molar-refractivity contribution < 1.29 is 13.2 Å². The summed E-state index contributed by atoms with van der Waals surface area (Å²) in [4.78, 5) is 11.5. The molecule has 1 aromatic rings. The monoisotopic (exact) mass is 282 g/mol. The number of benzene rings is 1. The Balaban J connectivity index is 2.15. The average molecular weight is 282 g/mol. The van der Waals surface area contributed by atoms with Crippen molar-refractivity contribution in [1.29, 1.82) is 0 Å². The Morgan fingerprint density at radius 2 is 1.79 bits per heavy atom. The third-order valence-corrected chi connectivity index (χ3v) is 5.07. The fraction of sp³-hybridized carbons (Fsp3) is 0.462. The van der Waals surface area contributed by atoms with Crippen molar-refractivity contribution in [1.82, 2.24) is 4.31 Å². The van der Waals surface area contributed by atoms with Crippen LogP contribution < -0.4 is 5.32 Å². The molecule has 19 heavy (non-hydrogen) atoms. The van der Waals surface area contributed by atoms with Crippen LogP contribution in [0.15, 0.2) is 29.2 Å². The predicted molar refractivity (Wildman–Crippen MR) is 73.4 cm³/mol. The molecule has 0 atom stereocenters. The normalized spacial score (nSPS) is 16.5. The summed E-state index contributed by atoms with van der Waals surface area (Å²) < 4.78 is 26.0. The van der Waals surface area contributed by atoms with E-state index in [2.05, 4.69) is 5.32 Å². The summed E-state index contributed by atoms with van der Waals surface area (Å²) in [6.45, 7) is 2.95. The molecule has 1 saturated heterocycles. The molecule has 0 spiro atoms. The van der Waals surface area contributed by atoms with Gasteiger partial charge in [-0.15, -0.1) is 0 Å². The molecular weight excluding hydrogens is 264 g/mol. The first-order chi connectivity index (χ1) is 9.04. The van der Waals surface area contributed by atoms with Crippen LogP contribution in [-0.4, -0.2) is 31.7 Å². The first-order valence-corrected chi connectivity index (χ1v) is 7.88. The van der Waals surface area contributed by atoms with Gasteiger partial charge in [0, 0.05) is 25.2 Å². The summed E-state index contributed by atoms with van der Waals surface area (Å²) >= 11 is 0. The summed E-state index contributed by atoms with van der Waals surface area (Å²) in [5.74, 6) is -0.0878. The van der Waals surface area contributed by atoms with Gasteiger partial charge in [0.2, 0.25) is 15.9 Å². The van der Waals surface area contributed by atoms with Gasteiger partial charge in [0.05, 0.1) is 4.90 Å².